The number of benzene rings is 1. The van der Waals surface area contributed by atoms with Gasteiger partial charge in [0, 0.05) is 41.0 Å². The molecule has 1 amide bonds. The fourth-order valence-corrected chi connectivity index (χ4v) is 4.08. The molecule has 7 heteroatoms. The van der Waals surface area contributed by atoms with Crippen LogP contribution in [0, 0.1) is 13.8 Å². The Morgan fingerprint density at radius 2 is 1.71 bits per heavy atom. The van der Waals surface area contributed by atoms with Crippen molar-refractivity contribution in [3.63, 3.8) is 0 Å². The third-order valence-corrected chi connectivity index (χ3v) is 5.89. The minimum Gasteiger partial charge on any atom is -0.345 e. The van der Waals surface area contributed by atoms with Crippen molar-refractivity contribution in [3.05, 3.63) is 65.2 Å². The number of nitrogens with zero attached hydrogens (tertiary/aromatic N) is 5. The van der Waals surface area contributed by atoms with Crippen LogP contribution in [0.15, 0.2) is 42.7 Å². The van der Waals surface area contributed by atoms with Crippen molar-refractivity contribution in [3.8, 4) is 11.3 Å². The summed E-state index contributed by atoms with van der Waals surface area (Å²) in [6.45, 7) is 11.7. The van der Waals surface area contributed by atoms with Crippen LogP contribution in [0.1, 0.15) is 54.1 Å². The van der Waals surface area contributed by atoms with E-state index < -0.39 is 0 Å². The van der Waals surface area contributed by atoms with Crippen LogP contribution >= 0.6 is 0 Å². The molecule has 1 aromatic carbocycles. The Morgan fingerprint density at radius 1 is 1.03 bits per heavy atom. The SMILES string of the molecule is CCn1ncc(-c2cc(C(=O)NC(C)c3cnn(CC)c3C)c3ccccc3n2)c1C. The lowest BCUT2D eigenvalue weighted by atomic mass is 10.0. The van der Waals surface area contributed by atoms with Gasteiger partial charge in [-0.2, -0.15) is 10.2 Å². The van der Waals surface area contributed by atoms with Crippen molar-refractivity contribution < 1.29 is 4.79 Å². The van der Waals surface area contributed by atoms with Crippen LogP contribution in [0.3, 0.4) is 0 Å². The number of hydrogen-bond donors (Lipinski definition) is 1. The highest BCUT2D eigenvalue weighted by atomic mass is 16.1. The standard InChI is InChI=1S/C24H28N6O/c1-6-29-16(4)20(13-25-29)15(3)27-24(31)19-12-23(21-14-26-30(7-2)17(21)5)28-22-11-9-8-10-18(19)22/h8-15H,6-7H2,1-5H3,(H,27,31). The van der Waals surface area contributed by atoms with E-state index in [1.165, 1.54) is 0 Å². The molecule has 4 rings (SSSR count). The van der Waals surface area contributed by atoms with E-state index in [9.17, 15) is 4.79 Å². The Hall–Kier alpha value is -3.48. The second kappa shape index (κ2) is 8.34. The van der Waals surface area contributed by atoms with Gasteiger partial charge in [0.25, 0.3) is 5.91 Å². The number of carbonyl (C=O) groups is 1. The quantitative estimate of drug-likeness (QED) is 0.504. The molecule has 0 fully saturated rings. The van der Waals surface area contributed by atoms with Crippen molar-refractivity contribution in [2.24, 2.45) is 0 Å². The highest BCUT2D eigenvalue weighted by Gasteiger charge is 2.20. The van der Waals surface area contributed by atoms with Gasteiger partial charge in [0.2, 0.25) is 0 Å². The van der Waals surface area contributed by atoms with Crippen LogP contribution in [-0.4, -0.2) is 30.5 Å². The molecule has 0 radical (unpaired) electrons. The molecule has 0 spiro atoms. The van der Waals surface area contributed by atoms with E-state index in [4.69, 9.17) is 4.98 Å². The third-order valence-electron chi connectivity index (χ3n) is 5.89. The lowest BCUT2D eigenvalue weighted by Crippen LogP contribution is -2.27. The number of para-hydroxylation sites is 1. The predicted octanol–water partition coefficient (Wildman–Crippen LogP) is 4.44. The van der Waals surface area contributed by atoms with Gasteiger partial charge in [-0.25, -0.2) is 4.98 Å². The van der Waals surface area contributed by atoms with Crippen molar-refractivity contribution >= 4 is 16.8 Å². The molecule has 0 aliphatic rings. The molecule has 1 unspecified atom stereocenters. The van der Waals surface area contributed by atoms with Gasteiger partial charge in [0.1, 0.15) is 0 Å². The normalized spacial score (nSPS) is 12.3. The molecule has 0 aliphatic heterocycles. The summed E-state index contributed by atoms with van der Waals surface area (Å²) in [6, 6.07) is 9.46. The highest BCUT2D eigenvalue weighted by Crippen LogP contribution is 2.27. The van der Waals surface area contributed by atoms with Crippen LogP contribution < -0.4 is 5.32 Å². The topological polar surface area (TPSA) is 77.6 Å². The molecule has 1 N–H and O–H groups in total. The van der Waals surface area contributed by atoms with E-state index in [0.717, 1.165) is 52.2 Å². The van der Waals surface area contributed by atoms with Gasteiger partial charge in [-0.1, -0.05) is 18.2 Å². The number of nitrogens with one attached hydrogen (secondary N) is 1. The van der Waals surface area contributed by atoms with Gasteiger partial charge in [0.15, 0.2) is 0 Å². The van der Waals surface area contributed by atoms with E-state index in [-0.39, 0.29) is 11.9 Å². The molecule has 0 bridgehead atoms. The zero-order valence-electron chi connectivity index (χ0n) is 18.7. The van der Waals surface area contributed by atoms with Crippen molar-refractivity contribution in [1.82, 2.24) is 29.9 Å². The summed E-state index contributed by atoms with van der Waals surface area (Å²) in [5, 5.41) is 12.8. The Bertz CT molecular complexity index is 1250. The first kappa shape index (κ1) is 20.8. The fraction of sp³-hybridized carbons (Fsp3) is 0.333. The second-order valence-electron chi connectivity index (χ2n) is 7.73. The Kier molecular flexibility index (Phi) is 5.59. The van der Waals surface area contributed by atoms with Gasteiger partial charge in [-0.15, -0.1) is 0 Å². The maximum absolute atomic E-state index is 13.4. The zero-order chi connectivity index (χ0) is 22.1. The molecule has 7 nitrogen and oxygen atoms in total. The molecule has 31 heavy (non-hydrogen) atoms. The molecule has 0 aliphatic carbocycles. The van der Waals surface area contributed by atoms with Gasteiger partial charge in [-0.05, 0) is 46.8 Å². The van der Waals surface area contributed by atoms with E-state index in [1.807, 2.05) is 72.9 Å². The lowest BCUT2D eigenvalue weighted by molar-refractivity contribution is 0.0941. The minimum absolute atomic E-state index is 0.128. The number of hydrogen-bond acceptors (Lipinski definition) is 4. The number of rotatable bonds is 6. The number of amides is 1. The monoisotopic (exact) mass is 416 g/mol. The Labute approximate surface area is 182 Å². The van der Waals surface area contributed by atoms with Crippen LogP contribution in [0.2, 0.25) is 0 Å². The van der Waals surface area contributed by atoms with E-state index >= 15 is 0 Å². The summed E-state index contributed by atoms with van der Waals surface area (Å²) in [5.41, 5.74) is 6.21. The molecule has 1 atom stereocenters. The smallest absolute Gasteiger partial charge is 0.252 e. The van der Waals surface area contributed by atoms with Gasteiger partial charge >= 0.3 is 0 Å². The highest BCUT2D eigenvalue weighted by molar-refractivity contribution is 6.07. The number of aromatic nitrogens is 5. The summed E-state index contributed by atoms with van der Waals surface area (Å²) in [7, 11) is 0. The molecule has 4 aromatic rings. The van der Waals surface area contributed by atoms with Gasteiger partial charge in [-0.3, -0.25) is 14.2 Å². The maximum atomic E-state index is 13.4. The third kappa shape index (κ3) is 3.71. The Balaban J connectivity index is 1.74. The lowest BCUT2D eigenvalue weighted by Gasteiger charge is -2.16. The Morgan fingerprint density at radius 3 is 2.39 bits per heavy atom. The molecule has 0 saturated carbocycles. The van der Waals surface area contributed by atoms with Crippen molar-refractivity contribution in [1.29, 1.82) is 0 Å². The number of pyridine rings is 1. The first-order valence-corrected chi connectivity index (χ1v) is 10.7. The number of aryl methyl sites for hydroxylation is 2. The average Bonchev–Trinajstić information content (AvgIpc) is 3.34. The minimum atomic E-state index is -0.159. The number of carbonyl (C=O) groups excluding carboxylic acids is 1. The molecular weight excluding hydrogens is 388 g/mol. The average molecular weight is 417 g/mol. The van der Waals surface area contributed by atoms with Crippen LogP contribution in [0.5, 0.6) is 0 Å². The summed E-state index contributed by atoms with van der Waals surface area (Å²) in [5.74, 6) is -0.128. The second-order valence-corrected chi connectivity index (χ2v) is 7.73. The van der Waals surface area contributed by atoms with E-state index in [2.05, 4.69) is 29.4 Å². The summed E-state index contributed by atoms with van der Waals surface area (Å²) < 4.78 is 3.87. The molecule has 160 valence electrons. The fourth-order valence-electron chi connectivity index (χ4n) is 4.08. The summed E-state index contributed by atoms with van der Waals surface area (Å²) >= 11 is 0. The largest absolute Gasteiger partial charge is 0.345 e. The van der Waals surface area contributed by atoms with Crippen LogP contribution in [0.4, 0.5) is 0 Å². The van der Waals surface area contributed by atoms with E-state index in [1.54, 1.807) is 0 Å². The van der Waals surface area contributed by atoms with E-state index in [0.29, 0.717) is 5.56 Å². The molecule has 0 saturated heterocycles. The van der Waals surface area contributed by atoms with Gasteiger partial charge in [0.05, 0.1) is 35.2 Å². The van der Waals surface area contributed by atoms with Crippen LogP contribution in [-0.2, 0) is 13.1 Å². The summed E-state index contributed by atoms with van der Waals surface area (Å²) in [4.78, 5) is 18.2. The molecule has 3 aromatic heterocycles. The molecule has 3 heterocycles. The maximum Gasteiger partial charge on any atom is 0.252 e. The first-order valence-electron chi connectivity index (χ1n) is 10.7. The zero-order valence-corrected chi connectivity index (χ0v) is 18.7. The molecular formula is C24H28N6O. The van der Waals surface area contributed by atoms with Gasteiger partial charge < -0.3 is 5.32 Å². The van der Waals surface area contributed by atoms with Crippen LogP contribution in [0.25, 0.3) is 22.2 Å². The number of fused-ring (bicyclic) bond motifs is 1. The van der Waals surface area contributed by atoms with Crippen molar-refractivity contribution in [2.75, 3.05) is 0 Å². The predicted molar refractivity (Wildman–Crippen MR) is 122 cm³/mol. The van der Waals surface area contributed by atoms with Crippen molar-refractivity contribution in [2.45, 2.75) is 53.8 Å². The first-order chi connectivity index (χ1) is 14.9. The summed E-state index contributed by atoms with van der Waals surface area (Å²) in [6.07, 6.45) is 3.66.